The topological polar surface area (TPSA) is 19.9 Å². The van der Waals surface area contributed by atoms with Crippen LogP contribution in [0.3, 0.4) is 0 Å². The quantitative estimate of drug-likeness (QED) is 0.312. The van der Waals surface area contributed by atoms with Gasteiger partial charge < -0.3 is 0 Å². The summed E-state index contributed by atoms with van der Waals surface area (Å²) in [6, 6.07) is 0. The van der Waals surface area contributed by atoms with Gasteiger partial charge in [0.25, 0.3) is 0 Å². The molecule has 1 heteroatoms. The minimum Gasteiger partial charge on any atom is -0.299 e. The maximum absolute atomic E-state index is 9.91. The Balaban J connectivity index is 2.99. The van der Waals surface area contributed by atoms with Crippen LogP contribution in [0.25, 0.3) is 0 Å². The van der Waals surface area contributed by atoms with Crippen molar-refractivity contribution in [3.05, 3.63) is 24.5 Å². The summed E-state index contributed by atoms with van der Waals surface area (Å²) in [4.78, 5) is 0. The van der Waals surface area contributed by atoms with Crippen molar-refractivity contribution in [1.82, 2.24) is 0 Å². The van der Waals surface area contributed by atoms with Crippen molar-refractivity contribution in [2.75, 3.05) is 0 Å². The van der Waals surface area contributed by atoms with E-state index in [1.807, 2.05) is 0 Å². The highest BCUT2D eigenvalue weighted by atomic mass is 16.2. The van der Waals surface area contributed by atoms with Crippen LogP contribution in [0.2, 0.25) is 0 Å². The van der Waals surface area contributed by atoms with Gasteiger partial charge in [0.2, 0.25) is 0 Å². The molecule has 0 N–H and O–H groups in total. The predicted molar refractivity (Wildman–Crippen MR) is 52.3 cm³/mol. The largest absolute Gasteiger partial charge is 0.299 e. The number of rotatable bonds is 7. The Bertz CT molecular complexity index is 125. The summed E-state index contributed by atoms with van der Waals surface area (Å²) in [6.07, 6.45) is 13.9. The Labute approximate surface area is 75.8 Å². The number of unbranched alkanes of at least 4 members (excludes halogenated alkanes) is 4. The van der Waals surface area contributed by atoms with Gasteiger partial charge in [-0.25, -0.2) is 0 Å². The van der Waals surface area contributed by atoms with Gasteiger partial charge in [-0.2, -0.15) is 0 Å². The zero-order valence-electron chi connectivity index (χ0n) is 7.96. The monoisotopic (exact) mass is 167 g/mol. The summed E-state index contributed by atoms with van der Waals surface area (Å²) in [6.45, 7) is 2.18. The van der Waals surface area contributed by atoms with E-state index >= 15 is 0 Å². The Morgan fingerprint density at radius 2 is 1.50 bits per heavy atom. The molecule has 69 valence electrons. The minimum absolute atomic E-state index is 0.882. The van der Waals surface area contributed by atoms with Crippen molar-refractivity contribution in [1.29, 1.82) is 0 Å². The van der Waals surface area contributed by atoms with E-state index in [-0.39, 0.29) is 0 Å². The van der Waals surface area contributed by atoms with E-state index < -0.39 is 0 Å². The first kappa shape index (κ1) is 11.3. The average Bonchev–Trinajstić information content (AvgIpc) is 2.10. The summed E-state index contributed by atoms with van der Waals surface area (Å²) >= 11 is 0. The van der Waals surface area contributed by atoms with Crippen molar-refractivity contribution in [3.63, 3.8) is 0 Å². The van der Waals surface area contributed by atoms with Gasteiger partial charge in [-0.3, -0.25) is 5.11 Å². The minimum atomic E-state index is 0.882. The number of allylic oxidation sites excluding steroid dienone is 3. The lowest BCUT2D eigenvalue weighted by atomic mass is 10.2. The number of hydrogen-bond acceptors (Lipinski definition) is 0. The molecule has 0 fully saturated rings. The number of hydrogen-bond donors (Lipinski definition) is 0. The van der Waals surface area contributed by atoms with Crippen LogP contribution >= 0.6 is 0 Å². The zero-order valence-corrected chi connectivity index (χ0v) is 7.96. The summed E-state index contributed by atoms with van der Waals surface area (Å²) in [5.41, 5.74) is 0. The second-order valence-corrected chi connectivity index (χ2v) is 2.92. The molecular weight excluding hydrogens is 148 g/mol. The zero-order chi connectivity index (χ0) is 9.07. The Hall–Kier alpha value is -0.720. The first-order valence-electron chi connectivity index (χ1n) is 4.83. The van der Waals surface area contributed by atoms with E-state index in [0.29, 0.717) is 0 Å². The third-order valence-electron chi connectivity index (χ3n) is 1.71. The van der Waals surface area contributed by atoms with Crippen LogP contribution in [0.4, 0.5) is 0 Å². The van der Waals surface area contributed by atoms with Gasteiger partial charge in [0.05, 0.1) is 0 Å². The van der Waals surface area contributed by atoms with Gasteiger partial charge in [0.1, 0.15) is 6.26 Å². The lowest BCUT2D eigenvalue weighted by molar-refractivity contribution is 0.349. The van der Waals surface area contributed by atoms with Crippen LogP contribution in [0.5, 0.6) is 0 Å². The highest BCUT2D eigenvalue weighted by Crippen LogP contribution is 2.02. The van der Waals surface area contributed by atoms with Crippen LogP contribution in [0.15, 0.2) is 24.5 Å². The average molecular weight is 167 g/mol. The molecule has 0 atom stereocenters. The molecule has 12 heavy (non-hydrogen) atoms. The lowest BCUT2D eigenvalue weighted by Gasteiger charge is -1.91. The van der Waals surface area contributed by atoms with E-state index in [4.69, 9.17) is 0 Å². The van der Waals surface area contributed by atoms with Crippen LogP contribution in [0.1, 0.15) is 45.4 Å². The molecule has 0 aliphatic carbocycles. The second-order valence-electron chi connectivity index (χ2n) is 2.92. The molecule has 0 unspecified atom stereocenters. The van der Waals surface area contributed by atoms with Gasteiger partial charge in [-0.05, 0) is 38.2 Å². The van der Waals surface area contributed by atoms with Crippen molar-refractivity contribution >= 4 is 0 Å². The van der Waals surface area contributed by atoms with Crippen molar-refractivity contribution in [2.24, 2.45) is 0 Å². The molecule has 1 radical (unpaired) electrons. The first-order chi connectivity index (χ1) is 5.91. The molecule has 0 aliphatic heterocycles. The summed E-state index contributed by atoms with van der Waals surface area (Å²) in [5.74, 6) is 0. The third-order valence-corrected chi connectivity index (χ3v) is 1.71. The normalized spacial score (nSPS) is 11.8. The van der Waals surface area contributed by atoms with E-state index in [2.05, 4.69) is 19.1 Å². The highest BCUT2D eigenvalue weighted by molar-refractivity contribution is 4.81. The van der Waals surface area contributed by atoms with Crippen LogP contribution in [0, 0.1) is 0 Å². The highest BCUT2D eigenvalue weighted by Gasteiger charge is 1.83. The molecule has 0 aromatic heterocycles. The van der Waals surface area contributed by atoms with E-state index in [1.54, 1.807) is 6.08 Å². The van der Waals surface area contributed by atoms with E-state index in [0.717, 1.165) is 25.5 Å². The molecule has 0 saturated heterocycles. The molecule has 1 nitrogen and oxygen atoms in total. The standard InChI is InChI=1S/C11H19O/c1-2-3-4-5-6-7-8-9-10-11-12/h4-5,10-11H,2-3,6-9H2,1H3. The summed E-state index contributed by atoms with van der Waals surface area (Å²) in [7, 11) is 0. The molecule has 0 rings (SSSR count). The smallest absolute Gasteiger partial charge is 0.138 e. The molecule has 0 aliphatic rings. The van der Waals surface area contributed by atoms with Crippen molar-refractivity contribution in [3.8, 4) is 0 Å². The molecule has 0 saturated carbocycles. The molecule has 0 heterocycles. The fourth-order valence-corrected chi connectivity index (χ4v) is 0.995. The Kier molecular flexibility index (Phi) is 9.66. The maximum Gasteiger partial charge on any atom is 0.138 e. The van der Waals surface area contributed by atoms with E-state index in [1.165, 1.54) is 19.3 Å². The first-order valence-corrected chi connectivity index (χ1v) is 4.83. The molecule has 0 aromatic rings. The van der Waals surface area contributed by atoms with Gasteiger partial charge >= 0.3 is 0 Å². The molecule has 0 aromatic carbocycles. The summed E-state index contributed by atoms with van der Waals surface area (Å²) in [5, 5.41) is 9.91. The fraction of sp³-hybridized carbons (Fsp3) is 0.636. The predicted octanol–water partition coefficient (Wildman–Crippen LogP) is 3.85. The Morgan fingerprint density at radius 1 is 0.917 bits per heavy atom. The third kappa shape index (κ3) is 9.28. The van der Waals surface area contributed by atoms with Gasteiger partial charge in [0, 0.05) is 0 Å². The van der Waals surface area contributed by atoms with Crippen LogP contribution in [-0.2, 0) is 5.11 Å². The maximum atomic E-state index is 9.91. The fourth-order valence-electron chi connectivity index (χ4n) is 0.995. The molecule has 0 spiro atoms. The van der Waals surface area contributed by atoms with Gasteiger partial charge in [0.15, 0.2) is 0 Å². The van der Waals surface area contributed by atoms with Crippen molar-refractivity contribution in [2.45, 2.75) is 45.4 Å². The molecular formula is C11H19O. The van der Waals surface area contributed by atoms with Gasteiger partial charge in [-0.15, -0.1) is 0 Å². The second kappa shape index (κ2) is 10.3. The SMILES string of the molecule is CCCC=CCCCCC=C[O]. The van der Waals surface area contributed by atoms with Crippen LogP contribution in [-0.4, -0.2) is 0 Å². The lowest BCUT2D eigenvalue weighted by Crippen LogP contribution is -1.72. The van der Waals surface area contributed by atoms with Crippen molar-refractivity contribution < 1.29 is 5.11 Å². The molecule has 0 bridgehead atoms. The molecule has 0 amide bonds. The van der Waals surface area contributed by atoms with Crippen LogP contribution < -0.4 is 0 Å². The van der Waals surface area contributed by atoms with E-state index in [9.17, 15) is 5.11 Å². The van der Waals surface area contributed by atoms with Gasteiger partial charge in [-0.1, -0.05) is 25.5 Å². The summed E-state index contributed by atoms with van der Waals surface area (Å²) < 4.78 is 0. The Morgan fingerprint density at radius 3 is 2.08 bits per heavy atom.